The van der Waals surface area contributed by atoms with Gasteiger partial charge in [0.25, 0.3) is 0 Å². The quantitative estimate of drug-likeness (QED) is 0.831. The van der Waals surface area contributed by atoms with E-state index in [9.17, 15) is 14.7 Å². The standard InChI is InChI=1S/C16H28N2O3/c1-11-7-8-18(14(9-11)16(20)21)10-15(19)17-13-6-4-3-5-12(13)2/h11-14H,3-10H2,1-2H3,(H,17,19)(H,20,21). The summed E-state index contributed by atoms with van der Waals surface area (Å²) in [6.45, 7) is 5.18. The highest BCUT2D eigenvalue weighted by Crippen LogP contribution is 2.24. The van der Waals surface area contributed by atoms with Gasteiger partial charge in [-0.05, 0) is 44.1 Å². The van der Waals surface area contributed by atoms with Gasteiger partial charge in [-0.1, -0.05) is 26.7 Å². The molecule has 1 aliphatic carbocycles. The summed E-state index contributed by atoms with van der Waals surface area (Å²) in [5.74, 6) is 0.123. The number of hydrogen-bond acceptors (Lipinski definition) is 3. The van der Waals surface area contributed by atoms with Crippen LogP contribution in [0.1, 0.15) is 52.4 Å². The van der Waals surface area contributed by atoms with Crippen LogP contribution < -0.4 is 5.32 Å². The van der Waals surface area contributed by atoms with Crippen LogP contribution in [-0.4, -0.2) is 47.1 Å². The number of aliphatic carboxylic acids is 1. The summed E-state index contributed by atoms with van der Waals surface area (Å²) in [7, 11) is 0. The van der Waals surface area contributed by atoms with Crippen LogP contribution in [0.2, 0.25) is 0 Å². The highest BCUT2D eigenvalue weighted by molar-refractivity contribution is 5.80. The molecule has 5 heteroatoms. The smallest absolute Gasteiger partial charge is 0.320 e. The zero-order chi connectivity index (χ0) is 15.4. The van der Waals surface area contributed by atoms with Gasteiger partial charge >= 0.3 is 5.97 Å². The molecule has 21 heavy (non-hydrogen) atoms. The molecule has 1 amide bonds. The lowest BCUT2D eigenvalue weighted by atomic mass is 9.86. The first-order valence-electron chi connectivity index (χ1n) is 8.23. The monoisotopic (exact) mass is 296 g/mol. The van der Waals surface area contributed by atoms with Gasteiger partial charge in [-0.25, -0.2) is 0 Å². The first-order valence-corrected chi connectivity index (χ1v) is 8.23. The van der Waals surface area contributed by atoms with Crippen molar-refractivity contribution >= 4 is 11.9 Å². The summed E-state index contributed by atoms with van der Waals surface area (Å²) >= 11 is 0. The van der Waals surface area contributed by atoms with Gasteiger partial charge in [0.15, 0.2) is 0 Å². The summed E-state index contributed by atoms with van der Waals surface area (Å²) in [4.78, 5) is 25.4. The van der Waals surface area contributed by atoms with Gasteiger partial charge in [-0.3, -0.25) is 14.5 Å². The SMILES string of the molecule is CC1CCN(CC(=O)NC2CCCCC2C)C(C(=O)O)C1. The fourth-order valence-corrected chi connectivity index (χ4v) is 3.60. The third-order valence-corrected chi connectivity index (χ3v) is 5.07. The number of likely N-dealkylation sites (tertiary alicyclic amines) is 1. The molecule has 0 aromatic rings. The number of carboxylic acids is 1. The first kappa shape index (κ1) is 16.3. The van der Waals surface area contributed by atoms with E-state index in [0.29, 0.717) is 24.8 Å². The molecular formula is C16H28N2O3. The maximum absolute atomic E-state index is 12.2. The molecule has 0 bridgehead atoms. The Morgan fingerprint density at radius 1 is 1.19 bits per heavy atom. The Hall–Kier alpha value is -1.10. The van der Waals surface area contributed by atoms with E-state index in [2.05, 4.69) is 19.2 Å². The van der Waals surface area contributed by atoms with Gasteiger partial charge in [0.1, 0.15) is 6.04 Å². The fraction of sp³-hybridized carbons (Fsp3) is 0.875. The van der Waals surface area contributed by atoms with Crippen LogP contribution in [0.3, 0.4) is 0 Å². The van der Waals surface area contributed by atoms with Crippen molar-refractivity contribution in [3.05, 3.63) is 0 Å². The maximum atomic E-state index is 12.2. The second-order valence-electron chi connectivity index (χ2n) is 6.89. The van der Waals surface area contributed by atoms with Crippen molar-refractivity contribution in [2.45, 2.75) is 64.5 Å². The first-order chi connectivity index (χ1) is 9.97. The van der Waals surface area contributed by atoms with Crippen molar-refractivity contribution in [3.8, 4) is 0 Å². The van der Waals surface area contributed by atoms with Crippen LogP contribution in [0.4, 0.5) is 0 Å². The number of nitrogens with zero attached hydrogens (tertiary/aromatic N) is 1. The summed E-state index contributed by atoms with van der Waals surface area (Å²) in [6, 6.07) is -0.249. The second kappa shape index (κ2) is 7.25. The molecule has 4 unspecified atom stereocenters. The lowest BCUT2D eigenvalue weighted by Gasteiger charge is -2.36. The Balaban J connectivity index is 1.87. The van der Waals surface area contributed by atoms with E-state index in [-0.39, 0.29) is 18.5 Å². The molecule has 5 nitrogen and oxygen atoms in total. The largest absolute Gasteiger partial charge is 0.480 e. The van der Waals surface area contributed by atoms with Crippen molar-refractivity contribution in [1.29, 1.82) is 0 Å². The average Bonchev–Trinajstić information content (AvgIpc) is 2.43. The molecule has 2 fully saturated rings. The van der Waals surface area contributed by atoms with E-state index in [1.165, 1.54) is 19.3 Å². The number of amides is 1. The molecule has 1 aliphatic heterocycles. The molecule has 1 saturated heterocycles. The van der Waals surface area contributed by atoms with Gasteiger partial charge in [0, 0.05) is 6.04 Å². The molecule has 4 atom stereocenters. The summed E-state index contributed by atoms with van der Waals surface area (Å²) in [6.07, 6.45) is 6.25. The van der Waals surface area contributed by atoms with Gasteiger partial charge in [-0.2, -0.15) is 0 Å². The highest BCUT2D eigenvalue weighted by Gasteiger charge is 2.33. The van der Waals surface area contributed by atoms with Crippen LogP contribution in [0.5, 0.6) is 0 Å². The Morgan fingerprint density at radius 3 is 2.57 bits per heavy atom. The topological polar surface area (TPSA) is 69.6 Å². The molecule has 120 valence electrons. The number of carboxylic acid groups (broad SMARTS) is 1. The van der Waals surface area contributed by atoms with Crippen LogP contribution in [0, 0.1) is 11.8 Å². The zero-order valence-electron chi connectivity index (χ0n) is 13.2. The van der Waals surface area contributed by atoms with Crippen LogP contribution in [-0.2, 0) is 9.59 Å². The summed E-state index contributed by atoms with van der Waals surface area (Å²) in [5.41, 5.74) is 0. The average molecular weight is 296 g/mol. The molecule has 0 radical (unpaired) electrons. The predicted molar refractivity (Wildman–Crippen MR) is 81.0 cm³/mol. The van der Waals surface area contributed by atoms with E-state index >= 15 is 0 Å². The van der Waals surface area contributed by atoms with Crippen molar-refractivity contribution in [1.82, 2.24) is 10.2 Å². The van der Waals surface area contributed by atoms with E-state index in [4.69, 9.17) is 0 Å². The molecule has 2 rings (SSSR count). The minimum atomic E-state index is -0.805. The lowest BCUT2D eigenvalue weighted by molar-refractivity contribution is -0.146. The minimum absolute atomic E-state index is 0.0189. The fourth-order valence-electron chi connectivity index (χ4n) is 3.60. The number of carbonyl (C=O) groups is 2. The number of hydrogen-bond donors (Lipinski definition) is 2. The molecule has 0 aromatic carbocycles. The van der Waals surface area contributed by atoms with Crippen LogP contribution in [0.15, 0.2) is 0 Å². The zero-order valence-corrected chi connectivity index (χ0v) is 13.2. The van der Waals surface area contributed by atoms with E-state index < -0.39 is 12.0 Å². The van der Waals surface area contributed by atoms with Crippen molar-refractivity contribution in [2.24, 2.45) is 11.8 Å². The lowest BCUT2D eigenvalue weighted by Crippen LogP contribution is -2.52. The summed E-state index contributed by atoms with van der Waals surface area (Å²) in [5, 5.41) is 12.4. The molecule has 2 N–H and O–H groups in total. The Morgan fingerprint density at radius 2 is 1.90 bits per heavy atom. The number of rotatable bonds is 4. The predicted octanol–water partition coefficient (Wildman–Crippen LogP) is 1.87. The normalized spacial score (nSPS) is 34.4. The molecule has 1 heterocycles. The highest BCUT2D eigenvalue weighted by atomic mass is 16.4. The van der Waals surface area contributed by atoms with Gasteiger partial charge in [0.05, 0.1) is 6.54 Å². The second-order valence-corrected chi connectivity index (χ2v) is 6.89. The maximum Gasteiger partial charge on any atom is 0.320 e. The molecule has 0 spiro atoms. The van der Waals surface area contributed by atoms with Crippen molar-refractivity contribution in [3.63, 3.8) is 0 Å². The van der Waals surface area contributed by atoms with Gasteiger partial charge < -0.3 is 10.4 Å². The van der Waals surface area contributed by atoms with Crippen molar-refractivity contribution < 1.29 is 14.7 Å². The van der Waals surface area contributed by atoms with E-state index in [1.807, 2.05) is 4.90 Å². The number of piperidine rings is 1. The number of nitrogens with one attached hydrogen (secondary N) is 1. The molecular weight excluding hydrogens is 268 g/mol. The summed E-state index contributed by atoms with van der Waals surface area (Å²) < 4.78 is 0. The molecule has 2 aliphatic rings. The Labute approximate surface area is 127 Å². The third kappa shape index (κ3) is 4.43. The van der Waals surface area contributed by atoms with Crippen molar-refractivity contribution in [2.75, 3.05) is 13.1 Å². The van der Waals surface area contributed by atoms with E-state index in [0.717, 1.165) is 12.8 Å². The minimum Gasteiger partial charge on any atom is -0.480 e. The molecule has 0 aromatic heterocycles. The van der Waals surface area contributed by atoms with Crippen LogP contribution >= 0.6 is 0 Å². The van der Waals surface area contributed by atoms with Gasteiger partial charge in [0.2, 0.25) is 5.91 Å². The van der Waals surface area contributed by atoms with Gasteiger partial charge in [-0.15, -0.1) is 0 Å². The van der Waals surface area contributed by atoms with E-state index in [1.54, 1.807) is 0 Å². The Bertz CT molecular complexity index is 386. The Kier molecular flexibility index (Phi) is 5.62. The van der Waals surface area contributed by atoms with Crippen LogP contribution in [0.25, 0.3) is 0 Å². The molecule has 1 saturated carbocycles. The third-order valence-electron chi connectivity index (χ3n) is 5.07. The number of carbonyl (C=O) groups excluding carboxylic acids is 1.